The molecule has 1 saturated carbocycles. The third-order valence-corrected chi connectivity index (χ3v) is 5.45. The fraction of sp³-hybridized carbons (Fsp3) is 0.579. The molecule has 1 heterocycles. The topological polar surface area (TPSA) is 72.6 Å². The summed E-state index contributed by atoms with van der Waals surface area (Å²) in [6.45, 7) is 3.23. The Balaban J connectivity index is 1.93. The van der Waals surface area contributed by atoms with E-state index in [9.17, 15) is 9.59 Å². The van der Waals surface area contributed by atoms with Crippen molar-refractivity contribution in [2.45, 2.75) is 50.5 Å². The smallest absolute Gasteiger partial charge is 0.248 e. The zero-order valence-corrected chi connectivity index (χ0v) is 14.3. The molecule has 130 valence electrons. The summed E-state index contributed by atoms with van der Waals surface area (Å²) in [5, 5.41) is 0. The van der Waals surface area contributed by atoms with Crippen LogP contribution in [0.2, 0.25) is 0 Å². The summed E-state index contributed by atoms with van der Waals surface area (Å²) in [4.78, 5) is 26.8. The molecular weight excluding hydrogens is 304 g/mol. The fourth-order valence-electron chi connectivity index (χ4n) is 4.17. The zero-order chi connectivity index (χ0) is 17.2. The molecule has 1 aromatic carbocycles. The molecule has 1 aliphatic heterocycles. The average Bonchev–Trinajstić information content (AvgIpc) is 2.62. The van der Waals surface area contributed by atoms with Crippen LogP contribution >= 0.6 is 0 Å². The van der Waals surface area contributed by atoms with E-state index >= 15 is 0 Å². The Morgan fingerprint density at radius 3 is 2.58 bits per heavy atom. The molecule has 5 heteroatoms. The summed E-state index contributed by atoms with van der Waals surface area (Å²) in [5.41, 5.74) is 7.20. The maximum atomic E-state index is 13.5. The van der Waals surface area contributed by atoms with Gasteiger partial charge in [0.1, 0.15) is 0 Å². The van der Waals surface area contributed by atoms with Crippen molar-refractivity contribution >= 4 is 11.8 Å². The number of rotatable bonds is 3. The van der Waals surface area contributed by atoms with E-state index in [1.165, 1.54) is 6.42 Å². The first-order chi connectivity index (χ1) is 11.5. The molecule has 5 nitrogen and oxygen atoms in total. The second kappa shape index (κ2) is 6.93. The molecule has 3 rings (SSSR count). The maximum absolute atomic E-state index is 13.5. The number of morpholine rings is 1. The molecular formula is C19H26N2O3. The summed E-state index contributed by atoms with van der Waals surface area (Å²) < 4.78 is 5.40. The molecule has 0 spiro atoms. The van der Waals surface area contributed by atoms with E-state index in [1.54, 1.807) is 4.90 Å². The Morgan fingerprint density at radius 1 is 1.21 bits per heavy atom. The van der Waals surface area contributed by atoms with Crippen molar-refractivity contribution in [2.24, 2.45) is 5.73 Å². The van der Waals surface area contributed by atoms with Gasteiger partial charge in [-0.3, -0.25) is 9.59 Å². The first kappa shape index (κ1) is 17.0. The molecule has 1 unspecified atom stereocenters. The van der Waals surface area contributed by atoms with Crippen molar-refractivity contribution in [1.29, 1.82) is 0 Å². The van der Waals surface area contributed by atoms with Crippen LogP contribution < -0.4 is 5.73 Å². The predicted molar refractivity (Wildman–Crippen MR) is 91.5 cm³/mol. The quantitative estimate of drug-likeness (QED) is 0.920. The number of benzene rings is 1. The number of carbonyl (C=O) groups excluding carboxylic acids is 2. The van der Waals surface area contributed by atoms with Crippen LogP contribution in [0.3, 0.4) is 0 Å². The molecule has 1 aliphatic carbocycles. The largest absolute Gasteiger partial charge is 0.367 e. The van der Waals surface area contributed by atoms with Crippen molar-refractivity contribution in [3.8, 4) is 0 Å². The highest BCUT2D eigenvalue weighted by molar-refractivity contribution is 5.90. The van der Waals surface area contributed by atoms with E-state index in [0.29, 0.717) is 13.2 Å². The average molecular weight is 330 g/mol. The second-order valence-electron chi connectivity index (χ2n) is 6.97. The molecule has 1 aromatic rings. The lowest BCUT2D eigenvalue weighted by molar-refractivity contribution is -0.150. The van der Waals surface area contributed by atoms with Crippen LogP contribution in [0, 0.1) is 6.92 Å². The highest BCUT2D eigenvalue weighted by Gasteiger charge is 2.45. The zero-order valence-electron chi connectivity index (χ0n) is 14.3. The van der Waals surface area contributed by atoms with Gasteiger partial charge in [-0.05, 0) is 30.9 Å². The Kier molecular flexibility index (Phi) is 4.90. The summed E-state index contributed by atoms with van der Waals surface area (Å²) in [5.74, 6) is -0.368. The normalized spacial score (nSPS) is 23.7. The molecule has 1 saturated heterocycles. The number of carbonyl (C=O) groups is 2. The van der Waals surface area contributed by atoms with Crippen LogP contribution in [0.5, 0.6) is 0 Å². The van der Waals surface area contributed by atoms with Gasteiger partial charge in [-0.1, -0.05) is 43.5 Å². The minimum Gasteiger partial charge on any atom is -0.367 e. The molecule has 2 N–H and O–H groups in total. The van der Waals surface area contributed by atoms with E-state index < -0.39 is 17.4 Å². The minimum absolute atomic E-state index is 0.131. The number of ether oxygens (including phenoxy) is 1. The molecule has 0 bridgehead atoms. The van der Waals surface area contributed by atoms with Crippen LogP contribution in [-0.4, -0.2) is 42.5 Å². The number of hydrogen-bond acceptors (Lipinski definition) is 3. The molecule has 2 amide bonds. The second-order valence-corrected chi connectivity index (χ2v) is 6.97. The van der Waals surface area contributed by atoms with E-state index in [0.717, 1.165) is 36.8 Å². The summed E-state index contributed by atoms with van der Waals surface area (Å²) in [7, 11) is 0. The van der Waals surface area contributed by atoms with Gasteiger partial charge in [0.15, 0.2) is 6.10 Å². The first-order valence-corrected chi connectivity index (χ1v) is 8.81. The number of nitrogens with two attached hydrogens (primary N) is 1. The van der Waals surface area contributed by atoms with Gasteiger partial charge in [-0.25, -0.2) is 0 Å². The Hall–Kier alpha value is -1.88. The standard InChI is InChI=1S/C19H26N2O3/c1-14-7-3-4-8-15(14)19(9-5-2-6-10-19)18(23)21-11-12-24-16(13-21)17(20)22/h3-4,7-8,16H,2,5-6,9-13H2,1H3,(H2,20,22). The van der Waals surface area contributed by atoms with Gasteiger partial charge in [0.25, 0.3) is 0 Å². The van der Waals surface area contributed by atoms with Crippen LogP contribution in [-0.2, 0) is 19.7 Å². The fourth-order valence-corrected chi connectivity index (χ4v) is 4.17. The summed E-state index contributed by atoms with van der Waals surface area (Å²) in [6.07, 6.45) is 4.34. The molecule has 2 aliphatic rings. The Labute approximate surface area is 143 Å². The third kappa shape index (κ3) is 3.05. The monoisotopic (exact) mass is 330 g/mol. The lowest BCUT2D eigenvalue weighted by Gasteiger charge is -2.43. The van der Waals surface area contributed by atoms with Gasteiger partial charge >= 0.3 is 0 Å². The number of primary amides is 1. The van der Waals surface area contributed by atoms with Gasteiger partial charge in [0, 0.05) is 6.54 Å². The highest BCUT2D eigenvalue weighted by Crippen LogP contribution is 2.42. The van der Waals surface area contributed by atoms with Gasteiger partial charge in [0.2, 0.25) is 11.8 Å². The lowest BCUT2D eigenvalue weighted by atomic mass is 9.67. The molecule has 2 fully saturated rings. The number of hydrogen-bond donors (Lipinski definition) is 1. The highest BCUT2D eigenvalue weighted by atomic mass is 16.5. The van der Waals surface area contributed by atoms with Gasteiger partial charge in [0.05, 0.1) is 18.6 Å². The van der Waals surface area contributed by atoms with E-state index in [1.807, 2.05) is 12.1 Å². The number of aryl methyl sites for hydroxylation is 1. The van der Waals surface area contributed by atoms with Crippen LogP contribution in [0.25, 0.3) is 0 Å². The lowest BCUT2D eigenvalue weighted by Crippen LogP contribution is -2.56. The van der Waals surface area contributed by atoms with Crippen molar-refractivity contribution in [3.63, 3.8) is 0 Å². The predicted octanol–water partition coefficient (Wildman–Crippen LogP) is 1.91. The minimum atomic E-state index is -0.694. The maximum Gasteiger partial charge on any atom is 0.248 e. The van der Waals surface area contributed by atoms with Gasteiger partial charge in [-0.15, -0.1) is 0 Å². The first-order valence-electron chi connectivity index (χ1n) is 8.81. The number of amides is 2. The SMILES string of the molecule is Cc1ccccc1C1(C(=O)N2CCOC(C(N)=O)C2)CCCCC1. The molecule has 24 heavy (non-hydrogen) atoms. The van der Waals surface area contributed by atoms with Crippen molar-refractivity contribution in [2.75, 3.05) is 19.7 Å². The summed E-state index contributed by atoms with van der Waals surface area (Å²) in [6, 6.07) is 8.18. The molecule has 1 atom stereocenters. The van der Waals surface area contributed by atoms with Gasteiger partial charge < -0.3 is 15.4 Å². The summed E-state index contributed by atoms with van der Waals surface area (Å²) >= 11 is 0. The third-order valence-electron chi connectivity index (χ3n) is 5.45. The molecule has 0 radical (unpaired) electrons. The number of nitrogens with zero attached hydrogens (tertiary/aromatic N) is 1. The van der Waals surface area contributed by atoms with Crippen LogP contribution in [0.1, 0.15) is 43.2 Å². The van der Waals surface area contributed by atoms with Crippen LogP contribution in [0.4, 0.5) is 0 Å². The van der Waals surface area contributed by atoms with Crippen LogP contribution in [0.15, 0.2) is 24.3 Å². The van der Waals surface area contributed by atoms with Crippen molar-refractivity contribution in [1.82, 2.24) is 4.90 Å². The van der Waals surface area contributed by atoms with Crippen molar-refractivity contribution < 1.29 is 14.3 Å². The van der Waals surface area contributed by atoms with Crippen molar-refractivity contribution in [3.05, 3.63) is 35.4 Å². The Morgan fingerprint density at radius 2 is 1.92 bits per heavy atom. The molecule has 0 aromatic heterocycles. The van der Waals surface area contributed by atoms with E-state index in [4.69, 9.17) is 10.5 Å². The van der Waals surface area contributed by atoms with Gasteiger partial charge in [-0.2, -0.15) is 0 Å². The Bertz CT molecular complexity index is 623. The van der Waals surface area contributed by atoms with E-state index in [2.05, 4.69) is 19.1 Å². The van der Waals surface area contributed by atoms with E-state index in [-0.39, 0.29) is 12.5 Å².